The van der Waals surface area contributed by atoms with Crippen molar-refractivity contribution in [2.45, 2.75) is 56.7 Å². The molecule has 2 aromatic carbocycles. The number of piperidine rings is 1. The van der Waals surface area contributed by atoms with Crippen molar-refractivity contribution in [3.63, 3.8) is 0 Å². The molecule has 26 heavy (non-hydrogen) atoms. The van der Waals surface area contributed by atoms with Gasteiger partial charge in [-0.3, -0.25) is 4.79 Å². The Bertz CT molecular complexity index is 704. The first-order chi connectivity index (χ1) is 12.8. The van der Waals surface area contributed by atoms with Crippen LogP contribution in [0.5, 0.6) is 0 Å². The standard InChI is InChI=1S/C23H28N2O/c26-23(16-18-13-20-11-12-21(14-18)24-20)25-22(19-9-5-2-6-10-19)15-17-7-3-1-4-8-17/h1-10,18,20-22,24H,11-16H2,(H,25,26). The molecular formula is C23H28N2O. The first kappa shape index (κ1) is 17.3. The van der Waals surface area contributed by atoms with Gasteiger partial charge >= 0.3 is 0 Å². The molecule has 2 bridgehead atoms. The highest BCUT2D eigenvalue weighted by atomic mass is 16.1. The Morgan fingerprint density at radius 1 is 0.962 bits per heavy atom. The molecule has 136 valence electrons. The van der Waals surface area contributed by atoms with Crippen LogP contribution in [-0.2, 0) is 11.2 Å². The highest BCUT2D eigenvalue weighted by Gasteiger charge is 2.34. The van der Waals surface area contributed by atoms with Crippen molar-refractivity contribution in [2.24, 2.45) is 5.92 Å². The summed E-state index contributed by atoms with van der Waals surface area (Å²) in [7, 11) is 0. The lowest BCUT2D eigenvalue weighted by Crippen LogP contribution is -2.40. The third-order valence-corrected chi connectivity index (χ3v) is 5.86. The van der Waals surface area contributed by atoms with Crippen LogP contribution in [0.25, 0.3) is 0 Å². The van der Waals surface area contributed by atoms with E-state index >= 15 is 0 Å². The summed E-state index contributed by atoms with van der Waals surface area (Å²) in [4.78, 5) is 12.8. The lowest BCUT2D eigenvalue weighted by molar-refractivity contribution is -0.123. The summed E-state index contributed by atoms with van der Waals surface area (Å²) < 4.78 is 0. The second-order valence-corrected chi connectivity index (χ2v) is 7.90. The van der Waals surface area contributed by atoms with Gasteiger partial charge < -0.3 is 10.6 Å². The van der Waals surface area contributed by atoms with Crippen molar-refractivity contribution in [2.75, 3.05) is 0 Å². The van der Waals surface area contributed by atoms with Crippen LogP contribution < -0.4 is 10.6 Å². The quantitative estimate of drug-likeness (QED) is 0.828. The summed E-state index contributed by atoms with van der Waals surface area (Å²) in [5.41, 5.74) is 2.43. The Morgan fingerprint density at radius 3 is 2.23 bits per heavy atom. The van der Waals surface area contributed by atoms with Gasteiger partial charge in [0.1, 0.15) is 0 Å². The van der Waals surface area contributed by atoms with Gasteiger partial charge in [0.05, 0.1) is 6.04 Å². The minimum atomic E-state index is 0.0320. The van der Waals surface area contributed by atoms with Crippen LogP contribution in [0.3, 0.4) is 0 Å². The van der Waals surface area contributed by atoms with Gasteiger partial charge in [0, 0.05) is 18.5 Å². The number of hydrogen-bond donors (Lipinski definition) is 2. The van der Waals surface area contributed by atoms with E-state index in [2.05, 4.69) is 47.0 Å². The maximum atomic E-state index is 12.8. The Labute approximate surface area is 156 Å². The van der Waals surface area contributed by atoms with Crippen LogP contribution in [0.1, 0.15) is 49.3 Å². The summed E-state index contributed by atoms with van der Waals surface area (Å²) in [6.45, 7) is 0. The first-order valence-corrected chi connectivity index (χ1v) is 9.90. The zero-order chi connectivity index (χ0) is 17.8. The summed E-state index contributed by atoms with van der Waals surface area (Å²) in [5.74, 6) is 0.725. The fraction of sp³-hybridized carbons (Fsp3) is 0.435. The molecule has 2 heterocycles. The fourth-order valence-electron chi connectivity index (χ4n) is 4.64. The molecule has 2 saturated heterocycles. The Balaban J connectivity index is 1.41. The molecule has 3 unspecified atom stereocenters. The van der Waals surface area contributed by atoms with Crippen LogP contribution in [0.2, 0.25) is 0 Å². The van der Waals surface area contributed by atoms with Gasteiger partial charge in [-0.15, -0.1) is 0 Å². The van der Waals surface area contributed by atoms with Gasteiger partial charge in [-0.05, 0) is 49.1 Å². The van der Waals surface area contributed by atoms with Crippen molar-refractivity contribution < 1.29 is 4.79 Å². The average molecular weight is 348 g/mol. The topological polar surface area (TPSA) is 41.1 Å². The van der Waals surface area contributed by atoms with E-state index in [1.807, 2.05) is 24.3 Å². The monoisotopic (exact) mass is 348 g/mol. The van der Waals surface area contributed by atoms with Gasteiger partial charge in [0.2, 0.25) is 5.91 Å². The number of nitrogens with one attached hydrogen (secondary N) is 2. The van der Waals surface area contributed by atoms with Crippen LogP contribution in [-0.4, -0.2) is 18.0 Å². The molecule has 0 radical (unpaired) electrons. The largest absolute Gasteiger partial charge is 0.349 e. The predicted octanol–water partition coefficient (Wildman–Crippen LogP) is 4.01. The predicted molar refractivity (Wildman–Crippen MR) is 105 cm³/mol. The van der Waals surface area contributed by atoms with Gasteiger partial charge in [0.25, 0.3) is 0 Å². The Hall–Kier alpha value is -2.13. The summed E-state index contributed by atoms with van der Waals surface area (Å²) in [5, 5.41) is 6.98. The molecule has 2 aromatic rings. The van der Waals surface area contributed by atoms with E-state index < -0.39 is 0 Å². The zero-order valence-electron chi connectivity index (χ0n) is 15.2. The number of carbonyl (C=O) groups excluding carboxylic acids is 1. The van der Waals surface area contributed by atoms with E-state index in [-0.39, 0.29) is 11.9 Å². The number of fused-ring (bicyclic) bond motifs is 2. The van der Waals surface area contributed by atoms with Crippen LogP contribution in [0, 0.1) is 5.92 Å². The van der Waals surface area contributed by atoms with Crippen LogP contribution in [0.15, 0.2) is 60.7 Å². The normalized spacial score (nSPS) is 25.6. The number of rotatable bonds is 6. The van der Waals surface area contributed by atoms with E-state index in [4.69, 9.17) is 0 Å². The number of benzene rings is 2. The Morgan fingerprint density at radius 2 is 1.58 bits per heavy atom. The number of carbonyl (C=O) groups is 1. The zero-order valence-corrected chi connectivity index (χ0v) is 15.2. The molecule has 0 saturated carbocycles. The molecule has 2 N–H and O–H groups in total. The minimum absolute atomic E-state index is 0.0320. The lowest BCUT2D eigenvalue weighted by atomic mass is 9.89. The summed E-state index contributed by atoms with van der Waals surface area (Å²) in [6, 6.07) is 22.1. The fourth-order valence-corrected chi connectivity index (χ4v) is 4.64. The van der Waals surface area contributed by atoms with Crippen molar-refractivity contribution in [1.29, 1.82) is 0 Å². The van der Waals surface area contributed by atoms with Gasteiger partial charge in [0.15, 0.2) is 0 Å². The van der Waals surface area contributed by atoms with Crippen molar-refractivity contribution in [1.82, 2.24) is 10.6 Å². The molecule has 0 aromatic heterocycles. The summed E-state index contributed by atoms with van der Waals surface area (Å²) in [6.07, 6.45) is 6.35. The van der Waals surface area contributed by atoms with Crippen molar-refractivity contribution >= 4 is 5.91 Å². The average Bonchev–Trinajstić information content (AvgIpc) is 3.01. The van der Waals surface area contributed by atoms with Crippen LogP contribution in [0.4, 0.5) is 0 Å². The molecule has 3 atom stereocenters. The molecule has 2 aliphatic heterocycles. The van der Waals surface area contributed by atoms with E-state index in [0.29, 0.717) is 24.4 Å². The number of hydrogen-bond acceptors (Lipinski definition) is 2. The minimum Gasteiger partial charge on any atom is -0.349 e. The molecule has 0 aliphatic carbocycles. The molecule has 0 spiro atoms. The van der Waals surface area contributed by atoms with E-state index in [1.165, 1.54) is 24.0 Å². The third kappa shape index (κ3) is 4.34. The third-order valence-electron chi connectivity index (χ3n) is 5.86. The molecule has 2 aliphatic rings. The van der Waals surface area contributed by atoms with E-state index in [9.17, 15) is 4.79 Å². The van der Waals surface area contributed by atoms with Crippen LogP contribution >= 0.6 is 0 Å². The van der Waals surface area contributed by atoms with Crippen molar-refractivity contribution in [3.8, 4) is 0 Å². The second kappa shape index (κ2) is 8.05. The number of amides is 1. The Kier molecular flexibility index (Phi) is 5.35. The molecule has 3 heteroatoms. The first-order valence-electron chi connectivity index (χ1n) is 9.90. The maximum Gasteiger partial charge on any atom is 0.220 e. The van der Waals surface area contributed by atoms with Gasteiger partial charge in [-0.1, -0.05) is 60.7 Å². The van der Waals surface area contributed by atoms with Crippen molar-refractivity contribution in [3.05, 3.63) is 71.8 Å². The van der Waals surface area contributed by atoms with Gasteiger partial charge in [-0.2, -0.15) is 0 Å². The molecular weight excluding hydrogens is 320 g/mol. The van der Waals surface area contributed by atoms with E-state index in [1.54, 1.807) is 0 Å². The van der Waals surface area contributed by atoms with E-state index in [0.717, 1.165) is 19.3 Å². The molecule has 4 rings (SSSR count). The SMILES string of the molecule is O=C(CC1CC2CCC(C1)N2)NC(Cc1ccccc1)c1ccccc1. The second-order valence-electron chi connectivity index (χ2n) is 7.90. The summed E-state index contributed by atoms with van der Waals surface area (Å²) >= 11 is 0. The highest BCUT2D eigenvalue weighted by molar-refractivity contribution is 5.76. The molecule has 3 nitrogen and oxygen atoms in total. The smallest absolute Gasteiger partial charge is 0.220 e. The van der Waals surface area contributed by atoms with Gasteiger partial charge in [-0.25, -0.2) is 0 Å². The highest BCUT2D eigenvalue weighted by Crippen LogP contribution is 2.32. The lowest BCUT2D eigenvalue weighted by Gasteiger charge is -2.29. The maximum absolute atomic E-state index is 12.8. The molecule has 1 amide bonds. The molecule has 2 fully saturated rings.